The number of allylic oxidation sites excluding steroid dienone is 2. The van der Waals surface area contributed by atoms with Crippen LogP contribution in [0.1, 0.15) is 43.4 Å². The Kier molecular flexibility index (Phi) is 6.91. The molecule has 6 nitrogen and oxygen atoms in total. The van der Waals surface area contributed by atoms with Gasteiger partial charge in [-0.1, -0.05) is 18.2 Å². The Morgan fingerprint density at radius 2 is 1.82 bits per heavy atom. The Hall–Kier alpha value is -3.93. The number of carbonyl (C=O) groups is 2. The molecular formula is C25H22F3N3O3. The topological polar surface area (TPSA) is 94.2 Å². The first-order valence-electron chi connectivity index (χ1n) is 10.5. The highest BCUT2D eigenvalue weighted by molar-refractivity contribution is 6.15. The molecule has 0 aliphatic carbocycles. The van der Waals surface area contributed by atoms with Crippen LogP contribution in [-0.2, 0) is 20.5 Å². The molecule has 0 saturated carbocycles. The van der Waals surface area contributed by atoms with Gasteiger partial charge in [0.05, 0.1) is 23.8 Å². The fraction of sp³-hybridized carbons (Fsp3) is 0.280. The molecule has 0 aromatic heterocycles. The highest BCUT2D eigenvalue weighted by Gasteiger charge is 2.46. The van der Waals surface area contributed by atoms with Crippen molar-refractivity contribution in [2.75, 3.05) is 11.5 Å². The van der Waals surface area contributed by atoms with Crippen molar-refractivity contribution in [3.8, 4) is 6.07 Å². The maximum Gasteiger partial charge on any atom is 0.416 e. The molecular weight excluding hydrogens is 447 g/mol. The van der Waals surface area contributed by atoms with E-state index in [1.807, 2.05) is 6.07 Å². The number of hydrogen-bond acceptors (Lipinski definition) is 5. The maximum absolute atomic E-state index is 13.3. The number of ketones is 1. The van der Waals surface area contributed by atoms with Crippen molar-refractivity contribution in [3.05, 3.63) is 76.5 Å². The lowest BCUT2D eigenvalue weighted by atomic mass is 9.74. The molecule has 9 heteroatoms. The summed E-state index contributed by atoms with van der Waals surface area (Å²) in [5.41, 5.74) is 0.386. The fourth-order valence-electron chi connectivity index (χ4n) is 4.22. The van der Waals surface area contributed by atoms with Crippen molar-refractivity contribution in [2.45, 2.75) is 32.9 Å². The Morgan fingerprint density at radius 1 is 1.18 bits per heavy atom. The van der Waals surface area contributed by atoms with E-state index >= 15 is 0 Å². The highest BCUT2D eigenvalue weighted by atomic mass is 19.4. The number of benzene rings is 2. The molecule has 0 saturated heterocycles. The maximum atomic E-state index is 13.3. The molecule has 0 fully saturated rings. The Labute approximate surface area is 194 Å². The smallest absolute Gasteiger partial charge is 0.416 e. The quantitative estimate of drug-likeness (QED) is 0.608. The third-order valence-electron chi connectivity index (χ3n) is 5.66. The molecule has 1 aliphatic heterocycles. The van der Waals surface area contributed by atoms with Gasteiger partial charge in [-0.05, 0) is 56.7 Å². The Morgan fingerprint density at radius 3 is 2.35 bits per heavy atom. The van der Waals surface area contributed by atoms with Crippen LogP contribution in [0.3, 0.4) is 0 Å². The number of ether oxygens (including phenoxy) is 1. The predicted molar refractivity (Wildman–Crippen MR) is 119 cm³/mol. The number of nitrogens with one attached hydrogen (secondary N) is 1. The van der Waals surface area contributed by atoms with Crippen LogP contribution in [0.25, 0.3) is 0 Å². The summed E-state index contributed by atoms with van der Waals surface area (Å²) in [6, 6.07) is 12.6. The van der Waals surface area contributed by atoms with Gasteiger partial charge in [0.1, 0.15) is 11.8 Å². The van der Waals surface area contributed by atoms with Gasteiger partial charge in [0.2, 0.25) is 0 Å². The summed E-state index contributed by atoms with van der Waals surface area (Å²) in [4.78, 5) is 27.0. The second-order valence-corrected chi connectivity index (χ2v) is 7.77. The van der Waals surface area contributed by atoms with Gasteiger partial charge in [-0.15, -0.1) is 0 Å². The molecule has 2 unspecified atom stereocenters. The summed E-state index contributed by atoms with van der Waals surface area (Å²) in [7, 11) is 0. The standard InChI is InChI=1S/C25H22F3N3O3/c1-4-34-24(33)22-21(17-10-8-16(13-29)9-11-17)20(15(3)32)14(2)31(23(22)30)19-7-5-6-18(12-19)25(26,27)28/h5-12,21-22,30H,4H2,1-3H3. The van der Waals surface area contributed by atoms with Crippen LogP contribution in [0.4, 0.5) is 18.9 Å². The molecule has 0 bridgehead atoms. The summed E-state index contributed by atoms with van der Waals surface area (Å²) in [5, 5.41) is 17.9. The number of nitriles is 1. The average Bonchev–Trinajstić information content (AvgIpc) is 2.78. The van der Waals surface area contributed by atoms with Crippen molar-refractivity contribution < 1.29 is 27.5 Å². The minimum absolute atomic E-state index is 0.00338. The van der Waals surface area contributed by atoms with Crippen LogP contribution in [0.15, 0.2) is 59.8 Å². The van der Waals surface area contributed by atoms with Gasteiger partial charge in [-0.3, -0.25) is 15.0 Å². The van der Waals surface area contributed by atoms with Crippen molar-refractivity contribution in [1.29, 1.82) is 10.7 Å². The van der Waals surface area contributed by atoms with Crippen LogP contribution < -0.4 is 4.90 Å². The summed E-state index contributed by atoms with van der Waals surface area (Å²) in [6.07, 6.45) is -4.61. The summed E-state index contributed by atoms with van der Waals surface area (Å²) < 4.78 is 45.2. The van der Waals surface area contributed by atoms with Crippen molar-refractivity contribution in [2.24, 2.45) is 5.92 Å². The lowest BCUT2D eigenvalue weighted by Crippen LogP contribution is -2.48. The van der Waals surface area contributed by atoms with E-state index in [1.54, 1.807) is 19.1 Å². The zero-order valence-corrected chi connectivity index (χ0v) is 18.7. The normalized spacial score (nSPS) is 18.5. The molecule has 0 spiro atoms. The zero-order chi connectivity index (χ0) is 25.2. The molecule has 2 atom stereocenters. The SMILES string of the molecule is CCOC(=O)C1C(=N)N(c2cccc(C(F)(F)F)c2)C(C)=C(C(C)=O)C1c1ccc(C#N)cc1. The van der Waals surface area contributed by atoms with Crippen molar-refractivity contribution in [3.63, 3.8) is 0 Å². The number of Topliss-reactive ketones (excluding diaryl/α,β-unsaturated/α-hetero) is 1. The molecule has 2 aromatic rings. The van der Waals surface area contributed by atoms with E-state index in [0.717, 1.165) is 12.1 Å². The van der Waals surface area contributed by atoms with Gasteiger partial charge in [0.15, 0.2) is 5.78 Å². The lowest BCUT2D eigenvalue weighted by Gasteiger charge is -2.41. The largest absolute Gasteiger partial charge is 0.465 e. The highest BCUT2D eigenvalue weighted by Crippen LogP contribution is 2.44. The second kappa shape index (κ2) is 9.51. The number of alkyl halides is 3. The molecule has 3 rings (SSSR count). The molecule has 0 amide bonds. The number of anilines is 1. The molecule has 0 radical (unpaired) electrons. The molecule has 2 aromatic carbocycles. The fourth-order valence-corrected chi connectivity index (χ4v) is 4.22. The number of carbonyl (C=O) groups excluding carboxylic acids is 2. The molecule has 1 aliphatic rings. The zero-order valence-electron chi connectivity index (χ0n) is 18.7. The van der Waals surface area contributed by atoms with Crippen LogP contribution >= 0.6 is 0 Å². The van der Waals surface area contributed by atoms with Gasteiger partial charge < -0.3 is 9.64 Å². The first kappa shape index (κ1) is 24.7. The Balaban J connectivity index is 2.27. The molecule has 1 heterocycles. The first-order chi connectivity index (χ1) is 16.0. The van der Waals surface area contributed by atoms with Crippen LogP contribution in [0.2, 0.25) is 0 Å². The van der Waals surface area contributed by atoms with E-state index in [-0.39, 0.29) is 29.4 Å². The number of esters is 1. The number of rotatable bonds is 5. The third-order valence-corrected chi connectivity index (χ3v) is 5.66. The predicted octanol–water partition coefficient (Wildman–Crippen LogP) is 5.20. The minimum Gasteiger partial charge on any atom is -0.465 e. The lowest BCUT2D eigenvalue weighted by molar-refractivity contribution is -0.146. The van der Waals surface area contributed by atoms with E-state index in [4.69, 9.17) is 15.4 Å². The molecule has 1 N–H and O–H groups in total. The van der Waals surface area contributed by atoms with Crippen LogP contribution in [0.5, 0.6) is 0 Å². The minimum atomic E-state index is -4.61. The Bertz CT molecular complexity index is 1210. The van der Waals surface area contributed by atoms with Gasteiger partial charge in [-0.2, -0.15) is 18.4 Å². The van der Waals surface area contributed by atoms with Gasteiger partial charge in [0.25, 0.3) is 0 Å². The van der Waals surface area contributed by atoms with Gasteiger partial charge in [-0.25, -0.2) is 0 Å². The van der Waals surface area contributed by atoms with E-state index in [0.29, 0.717) is 11.1 Å². The molecule has 176 valence electrons. The average molecular weight is 469 g/mol. The summed E-state index contributed by atoms with van der Waals surface area (Å²) >= 11 is 0. The van der Waals surface area contributed by atoms with E-state index < -0.39 is 35.3 Å². The third kappa shape index (κ3) is 4.57. The first-order valence-corrected chi connectivity index (χ1v) is 10.5. The monoisotopic (exact) mass is 469 g/mol. The number of amidine groups is 1. The van der Waals surface area contributed by atoms with Gasteiger partial charge in [0, 0.05) is 22.9 Å². The second-order valence-electron chi connectivity index (χ2n) is 7.77. The van der Waals surface area contributed by atoms with Crippen LogP contribution in [-0.4, -0.2) is 24.2 Å². The molecule has 34 heavy (non-hydrogen) atoms. The van der Waals surface area contributed by atoms with E-state index in [1.165, 1.54) is 43.0 Å². The van der Waals surface area contributed by atoms with Crippen molar-refractivity contribution in [1.82, 2.24) is 0 Å². The number of halogens is 3. The number of nitrogens with zero attached hydrogens (tertiary/aromatic N) is 2. The summed E-state index contributed by atoms with van der Waals surface area (Å²) in [5.74, 6) is -3.67. The van der Waals surface area contributed by atoms with E-state index in [2.05, 4.69) is 0 Å². The van der Waals surface area contributed by atoms with Crippen LogP contribution in [0, 0.1) is 22.7 Å². The number of hydrogen-bond donors (Lipinski definition) is 1. The van der Waals surface area contributed by atoms with Crippen molar-refractivity contribution >= 4 is 23.3 Å². The van der Waals surface area contributed by atoms with Gasteiger partial charge >= 0.3 is 12.1 Å². The van der Waals surface area contributed by atoms with E-state index in [9.17, 15) is 22.8 Å². The summed E-state index contributed by atoms with van der Waals surface area (Å²) in [6.45, 7) is 4.45.